The van der Waals surface area contributed by atoms with Crippen LogP contribution in [-0.4, -0.2) is 12.5 Å². The Kier molecular flexibility index (Phi) is 6.01. The van der Waals surface area contributed by atoms with E-state index in [0.717, 1.165) is 22.7 Å². The van der Waals surface area contributed by atoms with Crippen molar-refractivity contribution < 1.29 is 9.53 Å². The Morgan fingerprint density at radius 3 is 2.52 bits per heavy atom. The second kappa shape index (κ2) is 8.85. The Labute approximate surface area is 151 Å². The number of anilines is 1. The standard InChI is InChI=1S/C21H19NO2S/c23-21(13-12-20-7-4-16-25-20)22-18-8-10-19(11-9-18)24-15-14-17-5-2-1-3-6-17/h1-13,16H,14-15H2,(H,22,23)/b13-12+. The van der Waals surface area contributed by atoms with Crippen LogP contribution in [0.3, 0.4) is 0 Å². The highest BCUT2D eigenvalue weighted by Crippen LogP contribution is 2.16. The van der Waals surface area contributed by atoms with E-state index in [1.54, 1.807) is 17.4 Å². The highest BCUT2D eigenvalue weighted by molar-refractivity contribution is 7.10. The van der Waals surface area contributed by atoms with Gasteiger partial charge in [-0.15, -0.1) is 11.3 Å². The van der Waals surface area contributed by atoms with E-state index in [4.69, 9.17) is 4.74 Å². The molecule has 4 heteroatoms. The van der Waals surface area contributed by atoms with Gasteiger partial charge in [-0.05, 0) is 47.4 Å². The fraction of sp³-hybridized carbons (Fsp3) is 0.0952. The zero-order valence-electron chi connectivity index (χ0n) is 13.7. The normalized spacial score (nSPS) is 10.7. The molecular formula is C21H19NO2S. The maximum absolute atomic E-state index is 11.9. The Morgan fingerprint density at radius 1 is 1.00 bits per heavy atom. The molecular weight excluding hydrogens is 330 g/mol. The molecule has 0 atom stereocenters. The zero-order chi connectivity index (χ0) is 17.3. The number of carbonyl (C=O) groups excluding carboxylic acids is 1. The number of hydrogen-bond acceptors (Lipinski definition) is 3. The van der Waals surface area contributed by atoms with Crippen LogP contribution in [0.2, 0.25) is 0 Å². The molecule has 0 unspecified atom stereocenters. The predicted molar refractivity (Wildman–Crippen MR) is 104 cm³/mol. The lowest BCUT2D eigenvalue weighted by atomic mass is 10.2. The molecule has 3 aromatic rings. The van der Waals surface area contributed by atoms with Crippen LogP contribution < -0.4 is 10.1 Å². The summed E-state index contributed by atoms with van der Waals surface area (Å²) in [5.74, 6) is 0.647. The molecule has 0 spiro atoms. The molecule has 0 saturated heterocycles. The van der Waals surface area contributed by atoms with Crippen LogP contribution in [0.15, 0.2) is 78.2 Å². The van der Waals surface area contributed by atoms with Gasteiger partial charge in [0.15, 0.2) is 0 Å². The number of thiophene rings is 1. The molecule has 1 heterocycles. The second-order valence-corrected chi connectivity index (χ2v) is 6.43. The summed E-state index contributed by atoms with van der Waals surface area (Å²) in [6.45, 7) is 0.624. The molecule has 1 N–H and O–H groups in total. The smallest absolute Gasteiger partial charge is 0.248 e. The molecule has 0 bridgehead atoms. The number of ether oxygens (including phenoxy) is 1. The van der Waals surface area contributed by atoms with Crippen LogP contribution in [0, 0.1) is 0 Å². The third-order valence-electron chi connectivity index (χ3n) is 3.57. The van der Waals surface area contributed by atoms with Gasteiger partial charge >= 0.3 is 0 Å². The van der Waals surface area contributed by atoms with Gasteiger partial charge in [0, 0.05) is 23.1 Å². The summed E-state index contributed by atoms with van der Waals surface area (Å²) in [7, 11) is 0. The molecule has 0 saturated carbocycles. The molecule has 1 aromatic heterocycles. The van der Waals surface area contributed by atoms with Crippen molar-refractivity contribution in [2.24, 2.45) is 0 Å². The molecule has 0 fully saturated rings. The average Bonchev–Trinajstić information content (AvgIpc) is 3.16. The average molecular weight is 349 g/mol. The van der Waals surface area contributed by atoms with E-state index in [2.05, 4.69) is 17.4 Å². The van der Waals surface area contributed by atoms with Crippen molar-refractivity contribution in [3.8, 4) is 5.75 Å². The number of nitrogens with one attached hydrogen (secondary N) is 1. The predicted octanol–water partition coefficient (Wildman–Crippen LogP) is 5.02. The first-order valence-electron chi connectivity index (χ1n) is 8.09. The van der Waals surface area contributed by atoms with Gasteiger partial charge in [-0.1, -0.05) is 36.4 Å². The number of rotatable bonds is 7. The zero-order valence-corrected chi connectivity index (χ0v) is 14.5. The van der Waals surface area contributed by atoms with Crippen LogP contribution in [0.25, 0.3) is 6.08 Å². The summed E-state index contributed by atoms with van der Waals surface area (Å²) < 4.78 is 5.74. The SMILES string of the molecule is O=C(/C=C/c1cccs1)Nc1ccc(OCCc2ccccc2)cc1. The van der Waals surface area contributed by atoms with Gasteiger partial charge in [0.25, 0.3) is 0 Å². The first-order chi connectivity index (χ1) is 12.3. The van der Waals surface area contributed by atoms with Crippen LogP contribution in [0.4, 0.5) is 5.69 Å². The van der Waals surface area contributed by atoms with Crippen molar-refractivity contribution in [2.75, 3.05) is 11.9 Å². The summed E-state index contributed by atoms with van der Waals surface area (Å²) >= 11 is 1.60. The van der Waals surface area contributed by atoms with E-state index in [9.17, 15) is 4.79 Å². The summed E-state index contributed by atoms with van der Waals surface area (Å²) in [6, 6.07) is 21.6. The third kappa shape index (κ3) is 5.62. The first kappa shape index (κ1) is 17.0. The highest BCUT2D eigenvalue weighted by atomic mass is 32.1. The summed E-state index contributed by atoms with van der Waals surface area (Å²) in [5.41, 5.74) is 2.00. The van der Waals surface area contributed by atoms with Gasteiger partial charge in [-0.2, -0.15) is 0 Å². The van der Waals surface area contributed by atoms with E-state index in [0.29, 0.717) is 6.61 Å². The molecule has 25 heavy (non-hydrogen) atoms. The fourth-order valence-electron chi connectivity index (χ4n) is 2.29. The van der Waals surface area contributed by atoms with Gasteiger partial charge in [0.2, 0.25) is 5.91 Å². The summed E-state index contributed by atoms with van der Waals surface area (Å²) in [5, 5.41) is 4.82. The minimum Gasteiger partial charge on any atom is -0.493 e. The molecule has 3 rings (SSSR count). The van der Waals surface area contributed by atoms with Crippen molar-refractivity contribution in [1.82, 2.24) is 0 Å². The molecule has 0 radical (unpaired) electrons. The third-order valence-corrected chi connectivity index (χ3v) is 4.40. The van der Waals surface area contributed by atoms with Gasteiger partial charge in [0.05, 0.1) is 6.61 Å². The first-order valence-corrected chi connectivity index (χ1v) is 8.97. The fourth-order valence-corrected chi connectivity index (χ4v) is 2.91. The molecule has 2 aromatic carbocycles. The van der Waals surface area contributed by atoms with Crippen LogP contribution in [-0.2, 0) is 11.2 Å². The van der Waals surface area contributed by atoms with E-state index in [1.165, 1.54) is 11.6 Å². The topological polar surface area (TPSA) is 38.3 Å². The lowest BCUT2D eigenvalue weighted by molar-refractivity contribution is -0.111. The Hall–Kier alpha value is -2.85. The van der Waals surface area contributed by atoms with Crippen LogP contribution in [0.1, 0.15) is 10.4 Å². The molecule has 1 amide bonds. The maximum atomic E-state index is 11.9. The van der Waals surface area contributed by atoms with Gasteiger partial charge in [-0.25, -0.2) is 0 Å². The quantitative estimate of drug-likeness (QED) is 0.608. The number of hydrogen-bond donors (Lipinski definition) is 1. The molecule has 0 aliphatic carbocycles. The summed E-state index contributed by atoms with van der Waals surface area (Å²) in [4.78, 5) is 13.0. The van der Waals surface area contributed by atoms with Gasteiger partial charge in [-0.3, -0.25) is 4.79 Å². The molecule has 126 valence electrons. The van der Waals surface area contributed by atoms with Gasteiger partial charge < -0.3 is 10.1 Å². The lowest BCUT2D eigenvalue weighted by Gasteiger charge is -2.07. The van der Waals surface area contributed by atoms with Crippen molar-refractivity contribution in [2.45, 2.75) is 6.42 Å². The van der Waals surface area contributed by atoms with Gasteiger partial charge in [0.1, 0.15) is 5.75 Å². The molecule has 3 nitrogen and oxygen atoms in total. The maximum Gasteiger partial charge on any atom is 0.248 e. The largest absolute Gasteiger partial charge is 0.493 e. The van der Waals surface area contributed by atoms with E-state index in [1.807, 2.05) is 60.0 Å². The van der Waals surface area contributed by atoms with Crippen LogP contribution >= 0.6 is 11.3 Å². The van der Waals surface area contributed by atoms with E-state index >= 15 is 0 Å². The monoisotopic (exact) mass is 349 g/mol. The van der Waals surface area contributed by atoms with Crippen molar-refractivity contribution in [1.29, 1.82) is 0 Å². The van der Waals surface area contributed by atoms with Crippen LogP contribution in [0.5, 0.6) is 5.75 Å². The minimum atomic E-state index is -0.147. The Bertz CT molecular complexity index is 809. The summed E-state index contributed by atoms with van der Waals surface area (Å²) in [6.07, 6.45) is 4.21. The van der Waals surface area contributed by atoms with Crippen molar-refractivity contribution >= 4 is 29.0 Å². The van der Waals surface area contributed by atoms with Crippen molar-refractivity contribution in [3.63, 3.8) is 0 Å². The Morgan fingerprint density at radius 2 is 1.80 bits per heavy atom. The lowest BCUT2D eigenvalue weighted by Crippen LogP contribution is -2.07. The highest BCUT2D eigenvalue weighted by Gasteiger charge is 2.00. The second-order valence-electron chi connectivity index (χ2n) is 5.45. The number of amides is 1. The van der Waals surface area contributed by atoms with E-state index < -0.39 is 0 Å². The minimum absolute atomic E-state index is 0.147. The number of carbonyl (C=O) groups is 1. The molecule has 0 aliphatic rings. The van der Waals surface area contributed by atoms with Crippen molar-refractivity contribution in [3.05, 3.63) is 88.6 Å². The Balaban J connectivity index is 1.46. The number of benzene rings is 2. The van der Waals surface area contributed by atoms with E-state index in [-0.39, 0.29) is 5.91 Å². The molecule has 0 aliphatic heterocycles.